The molecule has 0 spiro atoms. The van der Waals surface area contributed by atoms with Gasteiger partial charge in [0.1, 0.15) is 13.2 Å². The quantitative estimate of drug-likeness (QED) is 0.0630. The van der Waals surface area contributed by atoms with Gasteiger partial charge in [-0.1, -0.05) is 166 Å². The van der Waals surface area contributed by atoms with Crippen LogP contribution in [0.2, 0.25) is 0 Å². The number of hydrogen-bond donors (Lipinski definition) is 0. The van der Waals surface area contributed by atoms with Crippen LogP contribution < -0.4 is 0 Å². The third-order valence-electron chi connectivity index (χ3n) is 11.0. The number of unbranched alkanes of at least 4 members (excludes halogenated alkanes) is 14. The summed E-state index contributed by atoms with van der Waals surface area (Å²) in [7, 11) is 0. The Labute approximate surface area is 344 Å². The highest BCUT2D eigenvalue weighted by molar-refractivity contribution is 5.80. The second-order valence-electron chi connectivity index (χ2n) is 16.2. The van der Waals surface area contributed by atoms with Gasteiger partial charge in [-0.2, -0.15) is 0 Å². The number of ether oxygens (including phenoxy) is 2. The van der Waals surface area contributed by atoms with E-state index in [4.69, 9.17) is 9.47 Å². The lowest BCUT2D eigenvalue weighted by Crippen LogP contribution is -2.28. The van der Waals surface area contributed by atoms with E-state index in [2.05, 4.69) is 61.8 Å². The SMILES string of the molecule is CCCCCCCCN(CCCCC)CCCC(=O)COCc1ccccc1-c1ccccc1COCC(=O)CCCN(CCCCC)CCCCCCCC. The molecule has 0 N–H and O–H groups in total. The third kappa shape index (κ3) is 24.4. The van der Waals surface area contributed by atoms with Crippen LogP contribution in [0.25, 0.3) is 11.1 Å². The molecule has 0 unspecified atom stereocenters. The van der Waals surface area contributed by atoms with E-state index < -0.39 is 0 Å². The van der Waals surface area contributed by atoms with E-state index in [1.54, 1.807) is 0 Å². The van der Waals surface area contributed by atoms with E-state index in [9.17, 15) is 9.59 Å². The van der Waals surface area contributed by atoms with Crippen LogP contribution in [0.4, 0.5) is 0 Å². The average molecular weight is 777 g/mol. The third-order valence-corrected chi connectivity index (χ3v) is 11.0. The van der Waals surface area contributed by atoms with Crippen molar-refractivity contribution in [2.45, 2.75) is 182 Å². The van der Waals surface area contributed by atoms with Crippen molar-refractivity contribution < 1.29 is 19.1 Å². The molecule has 6 nitrogen and oxygen atoms in total. The normalized spacial score (nSPS) is 11.6. The van der Waals surface area contributed by atoms with E-state index >= 15 is 0 Å². The summed E-state index contributed by atoms with van der Waals surface area (Å²) in [6, 6.07) is 16.5. The van der Waals surface area contributed by atoms with Gasteiger partial charge in [0.15, 0.2) is 11.6 Å². The van der Waals surface area contributed by atoms with E-state index in [1.807, 2.05) is 24.3 Å². The predicted molar refractivity (Wildman–Crippen MR) is 238 cm³/mol. The van der Waals surface area contributed by atoms with Gasteiger partial charge in [0.05, 0.1) is 13.2 Å². The summed E-state index contributed by atoms with van der Waals surface area (Å²) >= 11 is 0. The van der Waals surface area contributed by atoms with Crippen molar-refractivity contribution in [3.05, 3.63) is 59.7 Å². The Hall–Kier alpha value is -2.38. The molecule has 0 saturated heterocycles. The van der Waals surface area contributed by atoms with Crippen LogP contribution in [0.5, 0.6) is 0 Å². The molecular formula is C50H84N2O4. The van der Waals surface area contributed by atoms with E-state index in [0.717, 1.165) is 74.4 Å². The Morgan fingerprint density at radius 2 is 0.714 bits per heavy atom. The van der Waals surface area contributed by atoms with Crippen LogP contribution in [-0.2, 0) is 32.3 Å². The van der Waals surface area contributed by atoms with Gasteiger partial charge in [-0.3, -0.25) is 9.59 Å². The molecule has 0 saturated carbocycles. The number of rotatable bonds is 39. The van der Waals surface area contributed by atoms with Crippen molar-refractivity contribution >= 4 is 11.6 Å². The monoisotopic (exact) mass is 777 g/mol. The number of ketones is 2. The summed E-state index contributed by atoms with van der Waals surface area (Å²) in [5.41, 5.74) is 4.26. The zero-order valence-electron chi connectivity index (χ0n) is 36.8. The zero-order chi connectivity index (χ0) is 40.3. The maximum atomic E-state index is 12.9. The predicted octanol–water partition coefficient (Wildman–Crippen LogP) is 12.8. The molecular weight excluding hydrogens is 693 g/mol. The Morgan fingerprint density at radius 3 is 1.11 bits per heavy atom. The molecule has 0 aromatic heterocycles. The van der Waals surface area contributed by atoms with E-state index in [-0.39, 0.29) is 24.8 Å². The average Bonchev–Trinajstić information content (AvgIpc) is 3.20. The molecule has 2 aromatic carbocycles. The molecule has 2 aromatic rings. The minimum absolute atomic E-state index is 0.143. The Balaban J connectivity index is 1.79. The van der Waals surface area contributed by atoms with Crippen molar-refractivity contribution in [1.82, 2.24) is 9.80 Å². The van der Waals surface area contributed by atoms with E-state index in [0.29, 0.717) is 26.1 Å². The minimum Gasteiger partial charge on any atom is -0.369 e. The number of carbonyl (C=O) groups is 2. The first-order valence-electron chi connectivity index (χ1n) is 23.3. The smallest absolute Gasteiger partial charge is 0.158 e. The van der Waals surface area contributed by atoms with Gasteiger partial charge in [0.25, 0.3) is 0 Å². The molecule has 0 heterocycles. The van der Waals surface area contributed by atoms with Gasteiger partial charge in [0, 0.05) is 12.8 Å². The number of carbonyl (C=O) groups excluding carboxylic acids is 2. The Kier molecular flexibility index (Phi) is 30.8. The highest BCUT2D eigenvalue weighted by Crippen LogP contribution is 2.28. The molecule has 2 rings (SSSR count). The summed E-state index contributed by atoms with van der Waals surface area (Å²) in [4.78, 5) is 30.9. The maximum absolute atomic E-state index is 12.9. The first-order chi connectivity index (χ1) is 27.5. The number of nitrogens with zero attached hydrogens (tertiary/aromatic N) is 2. The molecule has 6 heteroatoms. The van der Waals surface area contributed by atoms with Crippen molar-refractivity contribution in [2.24, 2.45) is 0 Å². The lowest BCUT2D eigenvalue weighted by molar-refractivity contribution is -0.124. The fourth-order valence-electron chi connectivity index (χ4n) is 7.58. The van der Waals surface area contributed by atoms with Crippen molar-refractivity contribution in [3.63, 3.8) is 0 Å². The number of hydrogen-bond acceptors (Lipinski definition) is 6. The molecule has 0 atom stereocenters. The topological polar surface area (TPSA) is 59.1 Å². The van der Waals surface area contributed by atoms with Gasteiger partial charge in [-0.25, -0.2) is 0 Å². The second kappa shape index (κ2) is 34.6. The van der Waals surface area contributed by atoms with Crippen LogP contribution in [0, 0.1) is 0 Å². The summed E-state index contributed by atoms with van der Waals surface area (Å²) in [5.74, 6) is 0.354. The summed E-state index contributed by atoms with van der Waals surface area (Å²) in [6.07, 6.45) is 26.3. The van der Waals surface area contributed by atoms with Crippen molar-refractivity contribution in [2.75, 3.05) is 52.5 Å². The molecule has 0 aliphatic rings. The molecule has 0 bridgehead atoms. The van der Waals surface area contributed by atoms with Crippen molar-refractivity contribution in [1.29, 1.82) is 0 Å². The second-order valence-corrected chi connectivity index (χ2v) is 16.2. The lowest BCUT2D eigenvalue weighted by atomic mass is 9.96. The molecule has 56 heavy (non-hydrogen) atoms. The van der Waals surface area contributed by atoms with Gasteiger partial charge < -0.3 is 19.3 Å². The zero-order valence-corrected chi connectivity index (χ0v) is 36.8. The largest absolute Gasteiger partial charge is 0.369 e. The van der Waals surface area contributed by atoms with Gasteiger partial charge in [-0.15, -0.1) is 0 Å². The molecule has 0 amide bonds. The summed E-state index contributed by atoms with van der Waals surface area (Å²) < 4.78 is 12.1. The van der Waals surface area contributed by atoms with Crippen LogP contribution in [0.1, 0.15) is 180 Å². The van der Waals surface area contributed by atoms with Gasteiger partial charge in [0.2, 0.25) is 0 Å². The lowest BCUT2D eigenvalue weighted by Gasteiger charge is -2.22. The number of benzene rings is 2. The van der Waals surface area contributed by atoms with E-state index in [1.165, 1.54) is 116 Å². The highest BCUT2D eigenvalue weighted by Gasteiger charge is 2.13. The van der Waals surface area contributed by atoms with Gasteiger partial charge >= 0.3 is 0 Å². The minimum atomic E-state index is 0.143. The van der Waals surface area contributed by atoms with Crippen LogP contribution in [0.15, 0.2) is 48.5 Å². The Morgan fingerprint density at radius 1 is 0.411 bits per heavy atom. The molecule has 0 fully saturated rings. The van der Waals surface area contributed by atoms with Crippen LogP contribution in [0.3, 0.4) is 0 Å². The standard InChI is InChI=1S/C50H84N2O4/c1-5-9-13-15-17-25-37-51(35-23-11-7-3)39-27-31-47(53)43-55-41-45-29-19-21-33-49(45)50-34-22-20-30-46(50)42-56-44-48(54)32-28-40-52(36-24-12-8-4)38-26-18-16-14-10-6-2/h19-22,29-30,33-34H,5-18,23-28,31-32,35-44H2,1-4H3. The molecule has 318 valence electrons. The Bertz CT molecular complexity index is 1150. The number of Topliss-reactive ketones (excluding diaryl/α,β-unsaturated/α-hetero) is 2. The summed E-state index contributed by atoms with van der Waals surface area (Å²) in [6.45, 7) is 16.7. The van der Waals surface area contributed by atoms with Crippen LogP contribution in [-0.4, -0.2) is 73.8 Å². The molecule has 0 radical (unpaired) electrons. The van der Waals surface area contributed by atoms with Crippen LogP contribution >= 0.6 is 0 Å². The summed E-state index contributed by atoms with van der Waals surface area (Å²) in [5, 5.41) is 0. The fourth-order valence-corrected chi connectivity index (χ4v) is 7.58. The van der Waals surface area contributed by atoms with Crippen molar-refractivity contribution in [3.8, 4) is 11.1 Å². The maximum Gasteiger partial charge on any atom is 0.158 e. The fraction of sp³-hybridized carbons (Fsp3) is 0.720. The van der Waals surface area contributed by atoms with Gasteiger partial charge in [-0.05, 0) is 100 Å². The first kappa shape index (κ1) is 49.8. The highest BCUT2D eigenvalue weighted by atomic mass is 16.5. The molecule has 0 aliphatic carbocycles. The molecule has 0 aliphatic heterocycles. The first-order valence-corrected chi connectivity index (χ1v) is 23.3.